The lowest BCUT2D eigenvalue weighted by molar-refractivity contribution is -0.142. The van der Waals surface area contributed by atoms with Crippen LogP contribution in [-0.2, 0) is 26.0 Å². The number of hydrogen-bond acceptors (Lipinski definition) is 4. The van der Waals surface area contributed by atoms with E-state index < -0.39 is 16.0 Å². The Balaban J connectivity index is 2.54. The number of nitrogens with one attached hydrogen (secondary N) is 1. The molecule has 0 fully saturated rings. The SMILES string of the molecule is CCCCOC(=O)CNS(=O)(=O)c1ccc(CCC)cc1. The van der Waals surface area contributed by atoms with Gasteiger partial charge in [0.25, 0.3) is 0 Å². The van der Waals surface area contributed by atoms with Crippen LogP contribution in [0.25, 0.3) is 0 Å². The van der Waals surface area contributed by atoms with Crippen LogP contribution in [0.2, 0.25) is 0 Å². The molecule has 0 saturated heterocycles. The summed E-state index contributed by atoms with van der Waals surface area (Å²) in [6.07, 6.45) is 3.62. The molecule has 6 heteroatoms. The van der Waals surface area contributed by atoms with Crippen molar-refractivity contribution in [3.05, 3.63) is 29.8 Å². The number of benzene rings is 1. The molecule has 0 aliphatic carbocycles. The van der Waals surface area contributed by atoms with Crippen LogP contribution in [0.15, 0.2) is 29.2 Å². The molecule has 0 unspecified atom stereocenters. The Bertz CT molecular complexity index is 537. The number of sulfonamides is 1. The van der Waals surface area contributed by atoms with Crippen LogP contribution >= 0.6 is 0 Å². The molecule has 21 heavy (non-hydrogen) atoms. The maximum absolute atomic E-state index is 12.0. The molecular weight excluding hydrogens is 290 g/mol. The van der Waals surface area contributed by atoms with E-state index in [1.165, 1.54) is 0 Å². The van der Waals surface area contributed by atoms with E-state index >= 15 is 0 Å². The van der Waals surface area contributed by atoms with E-state index in [-0.39, 0.29) is 11.4 Å². The van der Waals surface area contributed by atoms with Crippen molar-refractivity contribution in [2.24, 2.45) is 0 Å². The van der Waals surface area contributed by atoms with Gasteiger partial charge in [-0.2, -0.15) is 4.72 Å². The first kappa shape index (κ1) is 17.7. The van der Waals surface area contributed by atoms with Crippen LogP contribution in [0, 0.1) is 0 Å². The summed E-state index contributed by atoms with van der Waals surface area (Å²) < 4.78 is 31.2. The number of esters is 1. The Morgan fingerprint density at radius 2 is 1.81 bits per heavy atom. The molecule has 118 valence electrons. The molecule has 0 bridgehead atoms. The van der Waals surface area contributed by atoms with Crippen molar-refractivity contribution in [3.8, 4) is 0 Å². The molecule has 0 radical (unpaired) electrons. The van der Waals surface area contributed by atoms with E-state index in [0.29, 0.717) is 6.61 Å². The fourth-order valence-electron chi connectivity index (χ4n) is 1.74. The minimum atomic E-state index is -3.67. The van der Waals surface area contributed by atoms with Gasteiger partial charge < -0.3 is 4.74 Å². The number of carbonyl (C=O) groups is 1. The third kappa shape index (κ3) is 6.27. The number of carbonyl (C=O) groups excluding carboxylic acids is 1. The first-order chi connectivity index (χ1) is 9.99. The molecule has 0 atom stereocenters. The first-order valence-corrected chi connectivity index (χ1v) is 8.72. The van der Waals surface area contributed by atoms with Crippen molar-refractivity contribution in [1.82, 2.24) is 4.72 Å². The smallest absolute Gasteiger partial charge is 0.321 e. The number of hydrogen-bond donors (Lipinski definition) is 1. The summed E-state index contributed by atoms with van der Waals surface area (Å²) in [5.74, 6) is -0.561. The van der Waals surface area contributed by atoms with Crippen molar-refractivity contribution < 1.29 is 17.9 Å². The molecule has 0 heterocycles. The molecular formula is C15H23NO4S. The molecule has 0 amide bonds. The molecule has 0 spiro atoms. The van der Waals surface area contributed by atoms with Crippen molar-refractivity contribution in [3.63, 3.8) is 0 Å². The first-order valence-electron chi connectivity index (χ1n) is 7.23. The second-order valence-corrected chi connectivity index (χ2v) is 6.56. The molecule has 0 aliphatic rings. The number of ether oxygens (including phenoxy) is 1. The lowest BCUT2D eigenvalue weighted by Crippen LogP contribution is -2.30. The number of unbranched alkanes of at least 4 members (excludes halogenated alkanes) is 1. The number of aryl methyl sites for hydroxylation is 1. The Kier molecular flexibility index (Phi) is 7.39. The van der Waals surface area contributed by atoms with Crippen molar-refractivity contribution in [1.29, 1.82) is 0 Å². The minimum Gasteiger partial charge on any atom is -0.465 e. The quantitative estimate of drug-likeness (QED) is 0.560. The predicted octanol–water partition coefficient (Wildman–Crippen LogP) is 2.26. The average molecular weight is 313 g/mol. The summed E-state index contributed by atoms with van der Waals surface area (Å²) in [5, 5.41) is 0. The summed E-state index contributed by atoms with van der Waals surface area (Å²) >= 11 is 0. The molecule has 0 aliphatic heterocycles. The molecule has 1 aromatic rings. The summed E-state index contributed by atoms with van der Waals surface area (Å²) in [4.78, 5) is 11.5. The molecule has 1 N–H and O–H groups in total. The highest BCUT2D eigenvalue weighted by Crippen LogP contribution is 2.11. The van der Waals surface area contributed by atoms with Gasteiger partial charge in [0.2, 0.25) is 10.0 Å². The third-order valence-electron chi connectivity index (χ3n) is 2.94. The van der Waals surface area contributed by atoms with Gasteiger partial charge in [-0.1, -0.05) is 38.8 Å². The van der Waals surface area contributed by atoms with Crippen molar-refractivity contribution in [2.45, 2.75) is 44.4 Å². The van der Waals surface area contributed by atoms with Crippen molar-refractivity contribution >= 4 is 16.0 Å². The monoisotopic (exact) mass is 313 g/mol. The second kappa shape index (κ2) is 8.79. The zero-order valence-corrected chi connectivity index (χ0v) is 13.4. The Hall–Kier alpha value is -1.40. The van der Waals surface area contributed by atoms with Gasteiger partial charge >= 0.3 is 5.97 Å². The maximum Gasteiger partial charge on any atom is 0.321 e. The summed E-state index contributed by atoms with van der Waals surface area (Å²) in [6, 6.07) is 6.68. The van der Waals surface area contributed by atoms with E-state index in [2.05, 4.69) is 11.6 Å². The highest BCUT2D eigenvalue weighted by atomic mass is 32.2. The van der Waals surface area contributed by atoms with Gasteiger partial charge in [-0.05, 0) is 30.5 Å². The Morgan fingerprint density at radius 1 is 1.14 bits per heavy atom. The van der Waals surface area contributed by atoms with Crippen molar-refractivity contribution in [2.75, 3.05) is 13.2 Å². The molecule has 0 aromatic heterocycles. The zero-order valence-electron chi connectivity index (χ0n) is 12.6. The highest BCUT2D eigenvalue weighted by Gasteiger charge is 2.15. The summed E-state index contributed by atoms with van der Waals surface area (Å²) in [7, 11) is -3.67. The standard InChI is InChI=1S/C15H23NO4S/c1-3-5-11-20-15(17)12-16-21(18,19)14-9-7-13(6-4-2)8-10-14/h7-10,16H,3-6,11-12H2,1-2H3. The van der Waals surface area contributed by atoms with E-state index in [4.69, 9.17) is 4.74 Å². The topological polar surface area (TPSA) is 72.5 Å². The zero-order chi connectivity index (χ0) is 15.7. The lowest BCUT2D eigenvalue weighted by Gasteiger charge is -2.08. The van der Waals surface area contributed by atoms with Gasteiger partial charge in [0.05, 0.1) is 11.5 Å². The van der Waals surface area contributed by atoms with Gasteiger partial charge in [0, 0.05) is 0 Å². The second-order valence-electron chi connectivity index (χ2n) is 4.79. The summed E-state index contributed by atoms with van der Waals surface area (Å²) in [6.45, 7) is 4.03. The predicted molar refractivity (Wildman–Crippen MR) is 81.5 cm³/mol. The largest absolute Gasteiger partial charge is 0.465 e. The minimum absolute atomic E-state index is 0.156. The fourth-order valence-corrected chi connectivity index (χ4v) is 2.71. The van der Waals surface area contributed by atoms with Crippen LogP contribution in [0.4, 0.5) is 0 Å². The summed E-state index contributed by atoms with van der Waals surface area (Å²) in [5.41, 5.74) is 1.09. The van der Waals surface area contributed by atoms with E-state index in [9.17, 15) is 13.2 Å². The van der Waals surface area contributed by atoms with Crippen LogP contribution < -0.4 is 4.72 Å². The van der Waals surface area contributed by atoms with E-state index in [1.807, 2.05) is 6.92 Å². The lowest BCUT2D eigenvalue weighted by atomic mass is 10.1. The van der Waals surface area contributed by atoms with Gasteiger partial charge in [-0.15, -0.1) is 0 Å². The van der Waals surface area contributed by atoms with Gasteiger partial charge in [-0.25, -0.2) is 8.42 Å². The van der Waals surface area contributed by atoms with Gasteiger partial charge in [0.1, 0.15) is 6.54 Å². The third-order valence-corrected chi connectivity index (χ3v) is 4.36. The molecule has 1 rings (SSSR count). The van der Waals surface area contributed by atoms with Crippen LogP contribution in [-0.4, -0.2) is 27.5 Å². The molecule has 5 nitrogen and oxygen atoms in total. The van der Waals surface area contributed by atoms with Gasteiger partial charge in [-0.3, -0.25) is 4.79 Å². The van der Waals surface area contributed by atoms with Crippen LogP contribution in [0.1, 0.15) is 38.7 Å². The van der Waals surface area contributed by atoms with Crippen LogP contribution in [0.5, 0.6) is 0 Å². The van der Waals surface area contributed by atoms with E-state index in [1.54, 1.807) is 24.3 Å². The van der Waals surface area contributed by atoms with Crippen LogP contribution in [0.3, 0.4) is 0 Å². The highest BCUT2D eigenvalue weighted by molar-refractivity contribution is 7.89. The number of rotatable bonds is 9. The Morgan fingerprint density at radius 3 is 2.38 bits per heavy atom. The average Bonchev–Trinajstić information content (AvgIpc) is 2.46. The maximum atomic E-state index is 12.0. The molecule has 1 aromatic carbocycles. The Labute approximate surface area is 126 Å². The van der Waals surface area contributed by atoms with E-state index in [0.717, 1.165) is 31.2 Å². The molecule has 0 saturated carbocycles. The fraction of sp³-hybridized carbons (Fsp3) is 0.533. The van der Waals surface area contributed by atoms with Gasteiger partial charge in [0.15, 0.2) is 0 Å². The normalized spacial score (nSPS) is 11.3.